The number of benzene rings is 1. The first-order valence-corrected chi connectivity index (χ1v) is 11.5. The number of nitrogens with zero attached hydrogens (tertiary/aromatic N) is 1. The highest BCUT2D eigenvalue weighted by Gasteiger charge is 2.32. The number of nitrogens with one attached hydrogen (secondary N) is 1. The van der Waals surface area contributed by atoms with Crippen molar-refractivity contribution < 1.29 is 28.7 Å². The zero-order valence-corrected chi connectivity index (χ0v) is 20.5. The number of thioether (sulfide) groups is 1. The SMILES string of the molecule is CCOC(=O)CN(C(=O)NC(CSC(C)=O)Cc1ccccc1)[C@@H](C)C(=O)OC(C)(C)C. The summed E-state index contributed by atoms with van der Waals surface area (Å²) < 4.78 is 10.4. The van der Waals surface area contributed by atoms with Gasteiger partial charge in [0.1, 0.15) is 18.2 Å². The number of carbonyl (C=O) groups is 4. The molecular weight excluding hydrogens is 432 g/mol. The Bertz CT molecular complexity index is 778. The Morgan fingerprint density at radius 3 is 2.28 bits per heavy atom. The average Bonchev–Trinajstić information content (AvgIpc) is 2.69. The number of amides is 2. The van der Waals surface area contributed by atoms with E-state index in [2.05, 4.69) is 5.32 Å². The molecule has 1 unspecified atom stereocenters. The fraction of sp³-hybridized carbons (Fsp3) is 0.565. The Morgan fingerprint density at radius 2 is 1.75 bits per heavy atom. The average molecular weight is 467 g/mol. The Labute approximate surface area is 194 Å². The zero-order chi connectivity index (χ0) is 24.3. The van der Waals surface area contributed by atoms with E-state index in [-0.39, 0.29) is 11.7 Å². The monoisotopic (exact) mass is 466 g/mol. The summed E-state index contributed by atoms with van der Waals surface area (Å²) in [5.41, 5.74) is 0.241. The van der Waals surface area contributed by atoms with Gasteiger partial charge in [0.05, 0.1) is 6.61 Å². The lowest BCUT2D eigenvalue weighted by molar-refractivity contribution is -0.160. The van der Waals surface area contributed by atoms with E-state index >= 15 is 0 Å². The first-order valence-electron chi connectivity index (χ1n) is 10.6. The van der Waals surface area contributed by atoms with Crippen molar-refractivity contribution in [1.82, 2.24) is 10.2 Å². The Balaban J connectivity index is 3.04. The summed E-state index contributed by atoms with van der Waals surface area (Å²) in [6.07, 6.45) is 0.487. The molecular formula is C23H34N2O6S. The maximum Gasteiger partial charge on any atom is 0.329 e. The van der Waals surface area contributed by atoms with Crippen molar-refractivity contribution in [3.63, 3.8) is 0 Å². The van der Waals surface area contributed by atoms with Crippen LogP contribution >= 0.6 is 11.8 Å². The minimum absolute atomic E-state index is 0.0668. The van der Waals surface area contributed by atoms with Crippen molar-refractivity contribution in [3.8, 4) is 0 Å². The standard InChI is InChI=1S/C23H34N2O6S/c1-7-30-20(27)14-25(16(2)21(28)31-23(4,5)6)22(29)24-19(15-32-17(3)26)13-18-11-9-8-10-12-18/h8-12,16,19H,7,13-15H2,1-6H3,(H,24,29)/t16-,19?/m0/s1. The van der Waals surface area contributed by atoms with E-state index < -0.39 is 42.2 Å². The lowest BCUT2D eigenvalue weighted by Gasteiger charge is -2.31. The first-order chi connectivity index (χ1) is 14.9. The summed E-state index contributed by atoms with van der Waals surface area (Å²) in [5.74, 6) is -0.908. The maximum atomic E-state index is 13.1. The van der Waals surface area contributed by atoms with Crippen LogP contribution in [0.25, 0.3) is 0 Å². The fourth-order valence-electron chi connectivity index (χ4n) is 2.77. The third-order valence-electron chi connectivity index (χ3n) is 4.22. The van der Waals surface area contributed by atoms with E-state index in [0.29, 0.717) is 12.2 Å². The van der Waals surface area contributed by atoms with Crippen LogP contribution in [0, 0.1) is 0 Å². The van der Waals surface area contributed by atoms with Gasteiger partial charge in [-0.3, -0.25) is 9.59 Å². The topological polar surface area (TPSA) is 102 Å². The third kappa shape index (κ3) is 10.7. The number of ether oxygens (including phenoxy) is 2. The van der Waals surface area contributed by atoms with E-state index in [0.717, 1.165) is 22.2 Å². The molecule has 1 aromatic carbocycles. The normalized spacial score (nSPS) is 12.9. The molecule has 0 saturated heterocycles. The van der Waals surface area contributed by atoms with Crippen LogP contribution in [-0.4, -0.2) is 64.6 Å². The van der Waals surface area contributed by atoms with Crippen LogP contribution in [0.2, 0.25) is 0 Å². The van der Waals surface area contributed by atoms with E-state index in [1.54, 1.807) is 27.7 Å². The fourth-order valence-corrected chi connectivity index (χ4v) is 3.41. The second-order valence-electron chi connectivity index (χ2n) is 8.28. The van der Waals surface area contributed by atoms with Crippen LogP contribution in [0.1, 0.15) is 47.1 Å². The van der Waals surface area contributed by atoms with Gasteiger partial charge in [-0.25, -0.2) is 9.59 Å². The van der Waals surface area contributed by atoms with Crippen molar-refractivity contribution in [1.29, 1.82) is 0 Å². The summed E-state index contributed by atoms with van der Waals surface area (Å²) in [6, 6.07) is 7.51. The smallest absolute Gasteiger partial charge is 0.329 e. The summed E-state index contributed by atoms with van der Waals surface area (Å²) >= 11 is 1.10. The Hall–Kier alpha value is -2.55. The van der Waals surface area contributed by atoms with Crippen LogP contribution < -0.4 is 5.32 Å². The molecule has 0 fully saturated rings. The van der Waals surface area contributed by atoms with Gasteiger partial charge in [-0.15, -0.1) is 0 Å². The molecule has 1 rings (SSSR count). The van der Waals surface area contributed by atoms with Crippen molar-refractivity contribution in [2.24, 2.45) is 0 Å². The van der Waals surface area contributed by atoms with Crippen LogP contribution in [0.4, 0.5) is 4.79 Å². The van der Waals surface area contributed by atoms with Gasteiger partial charge in [0.25, 0.3) is 0 Å². The number of hydrogen-bond acceptors (Lipinski definition) is 7. The van der Waals surface area contributed by atoms with Crippen molar-refractivity contribution in [2.45, 2.75) is 65.6 Å². The van der Waals surface area contributed by atoms with Gasteiger partial charge in [-0.1, -0.05) is 42.1 Å². The molecule has 0 aliphatic heterocycles. The number of hydrogen-bond donors (Lipinski definition) is 1. The van der Waals surface area contributed by atoms with Crippen molar-refractivity contribution in [2.75, 3.05) is 18.9 Å². The molecule has 0 aromatic heterocycles. The number of rotatable bonds is 10. The number of carbonyl (C=O) groups excluding carboxylic acids is 4. The predicted octanol–water partition coefficient (Wildman–Crippen LogP) is 3.18. The first kappa shape index (κ1) is 27.5. The summed E-state index contributed by atoms with van der Waals surface area (Å²) in [5, 5.41) is 2.80. The van der Waals surface area contributed by atoms with Crippen molar-refractivity contribution in [3.05, 3.63) is 35.9 Å². The molecule has 0 saturated carbocycles. The molecule has 0 bridgehead atoms. The van der Waals surface area contributed by atoms with Crippen LogP contribution in [-0.2, 0) is 30.3 Å². The second kappa shape index (κ2) is 13.1. The van der Waals surface area contributed by atoms with Crippen LogP contribution in [0.15, 0.2) is 30.3 Å². The highest BCUT2D eigenvalue weighted by atomic mass is 32.2. The van der Waals surface area contributed by atoms with Gasteiger partial charge < -0.3 is 19.7 Å². The summed E-state index contributed by atoms with van der Waals surface area (Å²) in [4.78, 5) is 50.4. The third-order valence-corrected chi connectivity index (χ3v) is 5.20. The van der Waals surface area contributed by atoms with Gasteiger partial charge in [0.15, 0.2) is 5.12 Å². The molecule has 0 aliphatic rings. The largest absolute Gasteiger partial charge is 0.465 e. The van der Waals surface area contributed by atoms with E-state index in [1.165, 1.54) is 13.8 Å². The van der Waals surface area contributed by atoms with Gasteiger partial charge in [0.2, 0.25) is 0 Å². The number of esters is 2. The number of urea groups is 1. The lowest BCUT2D eigenvalue weighted by Crippen LogP contribution is -2.54. The molecule has 0 radical (unpaired) electrons. The van der Waals surface area contributed by atoms with Gasteiger partial charge in [0, 0.05) is 18.7 Å². The molecule has 0 heterocycles. The zero-order valence-electron chi connectivity index (χ0n) is 19.7. The maximum absolute atomic E-state index is 13.1. The minimum Gasteiger partial charge on any atom is -0.465 e. The molecule has 0 aliphatic carbocycles. The molecule has 8 nitrogen and oxygen atoms in total. The van der Waals surface area contributed by atoms with E-state index in [1.807, 2.05) is 30.3 Å². The molecule has 2 atom stereocenters. The van der Waals surface area contributed by atoms with Gasteiger partial charge in [-0.05, 0) is 46.6 Å². The summed E-state index contributed by atoms with van der Waals surface area (Å²) in [6.45, 7) is 9.55. The van der Waals surface area contributed by atoms with Gasteiger partial charge in [-0.2, -0.15) is 0 Å². The lowest BCUT2D eigenvalue weighted by atomic mass is 10.1. The Morgan fingerprint density at radius 1 is 1.12 bits per heavy atom. The molecule has 2 amide bonds. The van der Waals surface area contributed by atoms with Crippen LogP contribution in [0.5, 0.6) is 0 Å². The quantitative estimate of drug-likeness (QED) is 0.528. The molecule has 0 spiro atoms. The summed E-state index contributed by atoms with van der Waals surface area (Å²) in [7, 11) is 0. The van der Waals surface area contributed by atoms with Gasteiger partial charge >= 0.3 is 18.0 Å². The Kier molecular flexibility index (Phi) is 11.3. The molecule has 1 N–H and O–H groups in total. The molecule has 178 valence electrons. The van der Waals surface area contributed by atoms with E-state index in [4.69, 9.17) is 9.47 Å². The van der Waals surface area contributed by atoms with Crippen LogP contribution in [0.3, 0.4) is 0 Å². The molecule has 1 aromatic rings. The highest BCUT2D eigenvalue weighted by Crippen LogP contribution is 2.14. The molecule has 9 heteroatoms. The van der Waals surface area contributed by atoms with Crippen molar-refractivity contribution >= 4 is 34.8 Å². The van der Waals surface area contributed by atoms with E-state index in [9.17, 15) is 19.2 Å². The molecule has 32 heavy (non-hydrogen) atoms. The predicted molar refractivity (Wildman–Crippen MR) is 124 cm³/mol. The second-order valence-corrected chi connectivity index (χ2v) is 9.48. The highest BCUT2D eigenvalue weighted by molar-refractivity contribution is 8.13. The minimum atomic E-state index is -1.02.